The highest BCUT2D eigenvalue weighted by Gasteiger charge is 2.04. The SMILES string of the molecule is [c]1cccc2cc(-c3ccccc3)oc12. The molecule has 3 rings (SSSR count). The van der Waals surface area contributed by atoms with Gasteiger partial charge in [0.05, 0.1) is 0 Å². The van der Waals surface area contributed by atoms with Crippen LogP contribution in [0.25, 0.3) is 22.3 Å². The first-order valence-corrected chi connectivity index (χ1v) is 4.89. The monoisotopic (exact) mass is 193 g/mol. The third kappa shape index (κ3) is 1.42. The van der Waals surface area contributed by atoms with E-state index < -0.39 is 0 Å². The number of hydrogen-bond donors (Lipinski definition) is 0. The van der Waals surface area contributed by atoms with Crippen molar-refractivity contribution in [2.24, 2.45) is 0 Å². The van der Waals surface area contributed by atoms with Gasteiger partial charge in [-0.1, -0.05) is 48.5 Å². The van der Waals surface area contributed by atoms with E-state index in [9.17, 15) is 0 Å². The van der Waals surface area contributed by atoms with Crippen molar-refractivity contribution < 1.29 is 4.42 Å². The van der Waals surface area contributed by atoms with Crippen molar-refractivity contribution in [3.8, 4) is 11.3 Å². The van der Waals surface area contributed by atoms with Crippen LogP contribution < -0.4 is 0 Å². The second-order valence-electron chi connectivity index (χ2n) is 3.43. The molecule has 0 unspecified atom stereocenters. The fraction of sp³-hybridized carbons (Fsp3) is 0. The lowest BCUT2D eigenvalue weighted by Gasteiger charge is -1.93. The summed E-state index contributed by atoms with van der Waals surface area (Å²) in [7, 11) is 0. The van der Waals surface area contributed by atoms with Crippen molar-refractivity contribution >= 4 is 11.0 Å². The molecule has 0 aliphatic rings. The molecule has 0 aliphatic heterocycles. The predicted molar refractivity (Wildman–Crippen MR) is 60.5 cm³/mol. The summed E-state index contributed by atoms with van der Waals surface area (Å²) in [6, 6.07) is 21.1. The van der Waals surface area contributed by atoms with Crippen molar-refractivity contribution in [2.45, 2.75) is 0 Å². The summed E-state index contributed by atoms with van der Waals surface area (Å²) in [6.07, 6.45) is 0. The molecular weight excluding hydrogens is 184 g/mol. The summed E-state index contributed by atoms with van der Waals surface area (Å²) in [4.78, 5) is 0. The lowest BCUT2D eigenvalue weighted by molar-refractivity contribution is 0.631. The molecule has 0 bridgehead atoms. The van der Waals surface area contributed by atoms with Crippen LogP contribution in [0, 0.1) is 6.07 Å². The van der Waals surface area contributed by atoms with Crippen molar-refractivity contribution in [3.05, 3.63) is 60.7 Å². The summed E-state index contributed by atoms with van der Waals surface area (Å²) in [5, 5.41) is 1.09. The largest absolute Gasteiger partial charge is 0.455 e. The molecule has 1 heterocycles. The molecule has 0 aliphatic carbocycles. The second-order valence-corrected chi connectivity index (χ2v) is 3.43. The van der Waals surface area contributed by atoms with Gasteiger partial charge >= 0.3 is 0 Å². The van der Waals surface area contributed by atoms with E-state index in [4.69, 9.17) is 4.42 Å². The van der Waals surface area contributed by atoms with Crippen LogP contribution in [-0.4, -0.2) is 0 Å². The van der Waals surface area contributed by atoms with Crippen LogP contribution in [0.15, 0.2) is 59.0 Å². The highest BCUT2D eigenvalue weighted by atomic mass is 16.3. The Labute approximate surface area is 88.0 Å². The molecule has 1 nitrogen and oxygen atoms in total. The average molecular weight is 193 g/mol. The Hall–Kier alpha value is -2.02. The Bertz CT molecular complexity index is 545. The number of para-hydroxylation sites is 1. The standard InChI is InChI=1S/C14H9O/c1-2-6-11(7-3-1)14-10-12-8-4-5-9-13(12)15-14/h1-8,10H. The van der Waals surface area contributed by atoms with E-state index in [2.05, 4.69) is 6.07 Å². The van der Waals surface area contributed by atoms with Crippen LogP contribution in [0.2, 0.25) is 0 Å². The first-order chi connectivity index (χ1) is 7.43. The Morgan fingerprint density at radius 3 is 2.60 bits per heavy atom. The number of hydrogen-bond acceptors (Lipinski definition) is 1. The summed E-state index contributed by atoms with van der Waals surface area (Å²) in [5.74, 6) is 0.896. The minimum Gasteiger partial charge on any atom is -0.455 e. The topological polar surface area (TPSA) is 13.1 Å². The average Bonchev–Trinajstić information content (AvgIpc) is 2.74. The van der Waals surface area contributed by atoms with Crippen LogP contribution in [0.5, 0.6) is 0 Å². The number of furan rings is 1. The lowest BCUT2D eigenvalue weighted by atomic mass is 10.1. The van der Waals surface area contributed by atoms with Crippen molar-refractivity contribution in [1.82, 2.24) is 0 Å². The van der Waals surface area contributed by atoms with E-state index in [1.165, 1.54) is 0 Å². The molecule has 0 spiro atoms. The molecule has 1 aromatic heterocycles. The zero-order valence-corrected chi connectivity index (χ0v) is 8.10. The first kappa shape index (κ1) is 8.30. The number of rotatable bonds is 1. The van der Waals surface area contributed by atoms with Gasteiger partial charge in [-0.05, 0) is 6.07 Å². The third-order valence-electron chi connectivity index (χ3n) is 2.41. The molecule has 0 saturated heterocycles. The Balaban J connectivity index is 2.21. The van der Waals surface area contributed by atoms with Gasteiger partial charge in [-0.25, -0.2) is 0 Å². The van der Waals surface area contributed by atoms with E-state index >= 15 is 0 Å². The molecule has 0 saturated carbocycles. The van der Waals surface area contributed by atoms with Crippen LogP contribution in [0.1, 0.15) is 0 Å². The summed E-state index contributed by atoms with van der Waals surface area (Å²) < 4.78 is 5.70. The van der Waals surface area contributed by atoms with Gasteiger partial charge in [-0.3, -0.25) is 0 Å². The quantitative estimate of drug-likeness (QED) is 0.571. The van der Waals surface area contributed by atoms with Crippen molar-refractivity contribution in [1.29, 1.82) is 0 Å². The Kier molecular flexibility index (Phi) is 1.82. The molecule has 1 radical (unpaired) electrons. The summed E-state index contributed by atoms with van der Waals surface area (Å²) >= 11 is 0. The molecule has 0 atom stereocenters. The minimum atomic E-state index is 0.816. The van der Waals surface area contributed by atoms with E-state index in [1.54, 1.807) is 0 Å². The van der Waals surface area contributed by atoms with Gasteiger partial charge in [0.25, 0.3) is 0 Å². The van der Waals surface area contributed by atoms with Gasteiger partial charge in [0.15, 0.2) is 0 Å². The Morgan fingerprint density at radius 2 is 1.80 bits per heavy atom. The predicted octanol–water partition coefficient (Wildman–Crippen LogP) is 3.90. The molecule has 0 amide bonds. The van der Waals surface area contributed by atoms with Gasteiger partial charge in [-0.15, -0.1) is 0 Å². The summed E-state index contributed by atoms with van der Waals surface area (Å²) in [6.45, 7) is 0. The maximum absolute atomic E-state index is 5.70. The number of fused-ring (bicyclic) bond motifs is 1. The normalized spacial score (nSPS) is 10.7. The third-order valence-corrected chi connectivity index (χ3v) is 2.41. The molecule has 0 fully saturated rings. The van der Waals surface area contributed by atoms with E-state index in [-0.39, 0.29) is 0 Å². The maximum atomic E-state index is 5.70. The van der Waals surface area contributed by atoms with Crippen molar-refractivity contribution in [2.75, 3.05) is 0 Å². The minimum absolute atomic E-state index is 0.816. The van der Waals surface area contributed by atoms with E-state index in [1.807, 2.05) is 54.6 Å². The van der Waals surface area contributed by atoms with Gasteiger partial charge in [0.2, 0.25) is 0 Å². The zero-order valence-electron chi connectivity index (χ0n) is 8.10. The molecule has 71 valence electrons. The van der Waals surface area contributed by atoms with Gasteiger partial charge in [0.1, 0.15) is 11.3 Å². The van der Waals surface area contributed by atoms with Crippen LogP contribution in [-0.2, 0) is 0 Å². The molecule has 2 aromatic carbocycles. The highest BCUT2D eigenvalue weighted by Crippen LogP contribution is 2.26. The molecular formula is C14H9O. The van der Waals surface area contributed by atoms with Crippen LogP contribution >= 0.6 is 0 Å². The first-order valence-electron chi connectivity index (χ1n) is 4.89. The zero-order chi connectivity index (χ0) is 10.1. The maximum Gasteiger partial charge on any atom is 0.142 e. The van der Waals surface area contributed by atoms with E-state index in [0.717, 1.165) is 22.3 Å². The van der Waals surface area contributed by atoms with Gasteiger partial charge < -0.3 is 4.42 Å². The molecule has 1 heteroatoms. The number of benzene rings is 2. The van der Waals surface area contributed by atoms with Gasteiger partial charge in [-0.2, -0.15) is 0 Å². The molecule has 15 heavy (non-hydrogen) atoms. The lowest BCUT2D eigenvalue weighted by Crippen LogP contribution is -1.69. The van der Waals surface area contributed by atoms with Crippen molar-refractivity contribution in [3.63, 3.8) is 0 Å². The molecule has 3 aromatic rings. The fourth-order valence-corrected chi connectivity index (χ4v) is 1.66. The fourth-order valence-electron chi connectivity index (χ4n) is 1.66. The Morgan fingerprint density at radius 1 is 0.933 bits per heavy atom. The molecule has 0 N–H and O–H groups in total. The smallest absolute Gasteiger partial charge is 0.142 e. The highest BCUT2D eigenvalue weighted by molar-refractivity contribution is 5.82. The summed E-state index contributed by atoms with van der Waals surface area (Å²) in [5.41, 5.74) is 1.92. The van der Waals surface area contributed by atoms with E-state index in [0.29, 0.717) is 0 Å². The van der Waals surface area contributed by atoms with Gasteiger partial charge in [0, 0.05) is 17.0 Å². The second kappa shape index (κ2) is 3.28. The van der Waals surface area contributed by atoms with Crippen LogP contribution in [0.4, 0.5) is 0 Å². The van der Waals surface area contributed by atoms with Crippen LogP contribution in [0.3, 0.4) is 0 Å².